The molecular formula is C25H27N3O2. The quantitative estimate of drug-likeness (QED) is 0.526. The highest BCUT2D eigenvalue weighted by molar-refractivity contribution is 6.04. The van der Waals surface area contributed by atoms with Crippen LogP contribution in [0.1, 0.15) is 42.3 Å². The van der Waals surface area contributed by atoms with Gasteiger partial charge in [0.25, 0.3) is 5.91 Å². The summed E-state index contributed by atoms with van der Waals surface area (Å²) in [6.07, 6.45) is 0.247. The summed E-state index contributed by atoms with van der Waals surface area (Å²) in [5, 5.41) is 5.74. The third-order valence-corrected chi connectivity index (χ3v) is 4.76. The maximum atomic E-state index is 12.6. The summed E-state index contributed by atoms with van der Waals surface area (Å²) in [4.78, 5) is 24.9. The van der Waals surface area contributed by atoms with Crippen LogP contribution in [0.3, 0.4) is 0 Å². The van der Waals surface area contributed by atoms with Crippen molar-refractivity contribution in [3.8, 4) is 0 Å². The second-order valence-corrected chi connectivity index (χ2v) is 8.33. The fourth-order valence-electron chi connectivity index (χ4n) is 3.03. The molecular weight excluding hydrogens is 374 g/mol. The van der Waals surface area contributed by atoms with Crippen LogP contribution in [0.25, 0.3) is 0 Å². The second kappa shape index (κ2) is 8.82. The van der Waals surface area contributed by atoms with Crippen LogP contribution in [0.4, 0.5) is 17.1 Å². The van der Waals surface area contributed by atoms with Crippen LogP contribution < -0.4 is 16.4 Å². The Balaban J connectivity index is 1.62. The molecule has 5 nitrogen and oxygen atoms in total. The van der Waals surface area contributed by atoms with E-state index in [2.05, 4.69) is 31.4 Å². The molecule has 0 fully saturated rings. The first-order chi connectivity index (χ1) is 14.2. The van der Waals surface area contributed by atoms with Gasteiger partial charge in [-0.1, -0.05) is 51.1 Å². The van der Waals surface area contributed by atoms with E-state index in [1.165, 1.54) is 5.56 Å². The van der Waals surface area contributed by atoms with E-state index in [-0.39, 0.29) is 23.7 Å². The topological polar surface area (TPSA) is 84.2 Å². The van der Waals surface area contributed by atoms with Crippen LogP contribution in [0, 0.1) is 0 Å². The minimum Gasteiger partial charge on any atom is -0.399 e. The summed E-state index contributed by atoms with van der Waals surface area (Å²) in [6, 6.07) is 21.9. The van der Waals surface area contributed by atoms with Gasteiger partial charge in [0.2, 0.25) is 5.91 Å². The number of hydrogen-bond donors (Lipinski definition) is 3. The van der Waals surface area contributed by atoms with E-state index < -0.39 is 0 Å². The number of carbonyl (C=O) groups excluding carboxylic acids is 2. The largest absolute Gasteiger partial charge is 0.399 e. The van der Waals surface area contributed by atoms with Crippen molar-refractivity contribution in [1.29, 1.82) is 0 Å². The van der Waals surface area contributed by atoms with Gasteiger partial charge in [0, 0.05) is 22.6 Å². The third-order valence-electron chi connectivity index (χ3n) is 4.76. The zero-order chi connectivity index (χ0) is 21.7. The summed E-state index contributed by atoms with van der Waals surface area (Å²) < 4.78 is 0. The lowest BCUT2D eigenvalue weighted by Gasteiger charge is -2.19. The summed E-state index contributed by atoms with van der Waals surface area (Å²) >= 11 is 0. The average molecular weight is 402 g/mol. The minimum absolute atomic E-state index is 0.0356. The molecule has 0 aliphatic carbocycles. The van der Waals surface area contributed by atoms with Gasteiger partial charge in [0.15, 0.2) is 0 Å². The van der Waals surface area contributed by atoms with E-state index in [4.69, 9.17) is 5.73 Å². The fourth-order valence-corrected chi connectivity index (χ4v) is 3.03. The number of hydrogen-bond acceptors (Lipinski definition) is 3. The number of nitrogen functional groups attached to an aromatic ring is 1. The Labute approximate surface area is 177 Å². The van der Waals surface area contributed by atoms with Crippen molar-refractivity contribution in [2.75, 3.05) is 16.4 Å². The molecule has 4 N–H and O–H groups in total. The number of nitrogens with two attached hydrogens (primary N) is 1. The van der Waals surface area contributed by atoms with Gasteiger partial charge in [-0.05, 0) is 59.0 Å². The number of rotatable bonds is 5. The molecule has 3 aromatic rings. The molecule has 0 aromatic heterocycles. The smallest absolute Gasteiger partial charge is 0.255 e. The van der Waals surface area contributed by atoms with Crippen molar-refractivity contribution in [2.24, 2.45) is 0 Å². The summed E-state index contributed by atoms with van der Waals surface area (Å²) in [5.41, 5.74) is 10.2. The Kier molecular flexibility index (Phi) is 6.21. The minimum atomic E-state index is -0.194. The molecule has 0 saturated heterocycles. The lowest BCUT2D eigenvalue weighted by Crippen LogP contribution is -2.16. The van der Waals surface area contributed by atoms with Gasteiger partial charge in [-0.25, -0.2) is 0 Å². The Hall–Kier alpha value is -3.60. The van der Waals surface area contributed by atoms with Crippen LogP contribution in [0.5, 0.6) is 0 Å². The Morgan fingerprint density at radius 1 is 0.833 bits per heavy atom. The predicted octanol–water partition coefficient (Wildman–Crippen LogP) is 5.00. The highest BCUT2D eigenvalue weighted by atomic mass is 16.2. The molecule has 0 aliphatic heterocycles. The van der Waals surface area contributed by atoms with E-state index in [0.29, 0.717) is 22.6 Å². The molecule has 0 bridgehead atoms. The van der Waals surface area contributed by atoms with Gasteiger partial charge < -0.3 is 16.4 Å². The molecule has 0 unspecified atom stereocenters. The fraction of sp³-hybridized carbons (Fsp3) is 0.200. The normalized spacial score (nSPS) is 11.0. The molecule has 0 spiro atoms. The van der Waals surface area contributed by atoms with Gasteiger partial charge in [0.05, 0.1) is 6.42 Å². The molecule has 0 heterocycles. The summed E-state index contributed by atoms with van der Waals surface area (Å²) in [7, 11) is 0. The van der Waals surface area contributed by atoms with Gasteiger partial charge in [-0.2, -0.15) is 0 Å². The van der Waals surface area contributed by atoms with Crippen LogP contribution >= 0.6 is 0 Å². The monoisotopic (exact) mass is 401 g/mol. The highest BCUT2D eigenvalue weighted by Crippen LogP contribution is 2.23. The lowest BCUT2D eigenvalue weighted by molar-refractivity contribution is -0.115. The number of carbonyl (C=O) groups is 2. The van der Waals surface area contributed by atoms with Gasteiger partial charge >= 0.3 is 0 Å². The first kappa shape index (κ1) is 21.1. The van der Waals surface area contributed by atoms with Crippen LogP contribution in [-0.2, 0) is 16.6 Å². The molecule has 3 aromatic carbocycles. The van der Waals surface area contributed by atoms with Gasteiger partial charge in [-0.15, -0.1) is 0 Å². The van der Waals surface area contributed by atoms with Crippen molar-refractivity contribution < 1.29 is 9.59 Å². The number of amides is 2. The first-order valence-corrected chi connectivity index (χ1v) is 9.87. The van der Waals surface area contributed by atoms with Crippen molar-refractivity contribution >= 4 is 28.9 Å². The standard InChI is InChI=1S/C25H27N3O2/c1-25(2,3)19-11-9-18(10-12-19)24(30)28-22-6-4-5-21(16-22)27-23(29)15-17-7-13-20(26)14-8-17/h4-14,16H,15,26H2,1-3H3,(H,27,29)(H,28,30). The number of benzene rings is 3. The molecule has 154 valence electrons. The van der Waals surface area contributed by atoms with Crippen LogP contribution in [0.2, 0.25) is 0 Å². The predicted molar refractivity (Wildman–Crippen MR) is 123 cm³/mol. The molecule has 0 saturated carbocycles. The summed E-state index contributed by atoms with van der Waals surface area (Å²) in [6.45, 7) is 6.40. The Bertz CT molecular complexity index is 1030. The number of anilines is 3. The molecule has 0 aliphatic rings. The lowest BCUT2D eigenvalue weighted by atomic mass is 9.87. The van der Waals surface area contributed by atoms with E-state index >= 15 is 0 Å². The van der Waals surface area contributed by atoms with Crippen molar-refractivity contribution in [1.82, 2.24) is 0 Å². The molecule has 3 rings (SSSR count). The zero-order valence-electron chi connectivity index (χ0n) is 17.5. The van der Waals surface area contributed by atoms with E-state index in [1.54, 1.807) is 36.4 Å². The van der Waals surface area contributed by atoms with Crippen LogP contribution in [-0.4, -0.2) is 11.8 Å². The van der Waals surface area contributed by atoms with Crippen molar-refractivity contribution in [2.45, 2.75) is 32.6 Å². The van der Waals surface area contributed by atoms with E-state index in [0.717, 1.165) is 5.56 Å². The summed E-state index contributed by atoms with van der Waals surface area (Å²) in [5.74, 6) is -0.332. The molecule has 0 radical (unpaired) electrons. The van der Waals surface area contributed by atoms with E-state index in [9.17, 15) is 9.59 Å². The average Bonchev–Trinajstić information content (AvgIpc) is 2.69. The van der Waals surface area contributed by atoms with Crippen molar-refractivity contribution in [3.63, 3.8) is 0 Å². The molecule has 0 atom stereocenters. The second-order valence-electron chi connectivity index (χ2n) is 8.33. The maximum absolute atomic E-state index is 12.6. The van der Waals surface area contributed by atoms with Crippen LogP contribution in [0.15, 0.2) is 72.8 Å². The molecule has 2 amide bonds. The maximum Gasteiger partial charge on any atom is 0.255 e. The molecule has 5 heteroatoms. The Morgan fingerprint density at radius 2 is 1.43 bits per heavy atom. The van der Waals surface area contributed by atoms with Gasteiger partial charge in [-0.3, -0.25) is 9.59 Å². The molecule has 30 heavy (non-hydrogen) atoms. The first-order valence-electron chi connectivity index (χ1n) is 9.87. The van der Waals surface area contributed by atoms with Gasteiger partial charge in [0.1, 0.15) is 0 Å². The SMILES string of the molecule is CC(C)(C)c1ccc(C(=O)Nc2cccc(NC(=O)Cc3ccc(N)cc3)c2)cc1. The van der Waals surface area contributed by atoms with Crippen molar-refractivity contribution in [3.05, 3.63) is 89.5 Å². The zero-order valence-corrected chi connectivity index (χ0v) is 17.5. The number of nitrogens with one attached hydrogen (secondary N) is 2. The van der Waals surface area contributed by atoms with E-state index in [1.807, 2.05) is 36.4 Å². The third kappa shape index (κ3) is 5.70. The highest BCUT2D eigenvalue weighted by Gasteiger charge is 2.14. The Morgan fingerprint density at radius 3 is 2.03 bits per heavy atom.